The van der Waals surface area contributed by atoms with Crippen molar-refractivity contribution in [3.05, 3.63) is 11.7 Å². The molecular formula is C12H20N4O. The van der Waals surface area contributed by atoms with Crippen LogP contribution in [0, 0.1) is 11.8 Å². The van der Waals surface area contributed by atoms with Gasteiger partial charge in [0.05, 0.1) is 6.54 Å². The molecule has 0 spiro atoms. The van der Waals surface area contributed by atoms with Crippen LogP contribution in [-0.2, 0) is 13.0 Å². The number of nitrogens with two attached hydrogens (primary N) is 1. The molecule has 3 atom stereocenters. The van der Waals surface area contributed by atoms with Crippen LogP contribution in [0.4, 0.5) is 0 Å². The Morgan fingerprint density at radius 3 is 3.00 bits per heavy atom. The molecule has 0 aromatic carbocycles. The normalized spacial score (nSPS) is 33.2. The van der Waals surface area contributed by atoms with Crippen molar-refractivity contribution in [3.63, 3.8) is 0 Å². The van der Waals surface area contributed by atoms with E-state index in [1.54, 1.807) is 0 Å². The van der Waals surface area contributed by atoms with Gasteiger partial charge in [-0.1, -0.05) is 12.1 Å². The van der Waals surface area contributed by atoms with Crippen LogP contribution in [-0.4, -0.2) is 34.2 Å². The van der Waals surface area contributed by atoms with Gasteiger partial charge in [0.2, 0.25) is 5.89 Å². The minimum Gasteiger partial charge on any atom is -0.339 e. The second-order valence-electron chi connectivity index (χ2n) is 5.32. The molecule has 17 heavy (non-hydrogen) atoms. The quantitative estimate of drug-likeness (QED) is 0.840. The van der Waals surface area contributed by atoms with Gasteiger partial charge in [0, 0.05) is 25.6 Å². The highest BCUT2D eigenvalue weighted by molar-refractivity contribution is 4.97. The maximum atomic E-state index is 6.12. The summed E-state index contributed by atoms with van der Waals surface area (Å²) in [6.07, 6.45) is 3.29. The largest absolute Gasteiger partial charge is 0.339 e. The van der Waals surface area contributed by atoms with Gasteiger partial charge in [0.15, 0.2) is 5.82 Å². The van der Waals surface area contributed by atoms with Crippen molar-refractivity contribution < 1.29 is 4.52 Å². The average molecular weight is 236 g/mol. The van der Waals surface area contributed by atoms with E-state index in [1.807, 2.05) is 6.92 Å². The van der Waals surface area contributed by atoms with E-state index in [0.29, 0.717) is 12.0 Å². The van der Waals surface area contributed by atoms with Crippen LogP contribution in [0.5, 0.6) is 0 Å². The summed E-state index contributed by atoms with van der Waals surface area (Å²) in [7, 11) is 0. The van der Waals surface area contributed by atoms with Gasteiger partial charge < -0.3 is 10.3 Å². The van der Waals surface area contributed by atoms with Gasteiger partial charge in [-0.15, -0.1) is 0 Å². The first-order chi connectivity index (χ1) is 8.26. The summed E-state index contributed by atoms with van der Waals surface area (Å²) in [5.74, 6) is 3.03. The van der Waals surface area contributed by atoms with E-state index in [0.717, 1.165) is 43.7 Å². The second-order valence-corrected chi connectivity index (χ2v) is 5.32. The third kappa shape index (κ3) is 2.09. The van der Waals surface area contributed by atoms with Crippen LogP contribution in [0.2, 0.25) is 0 Å². The highest BCUT2D eigenvalue weighted by Crippen LogP contribution is 2.37. The Morgan fingerprint density at radius 1 is 1.41 bits per heavy atom. The molecule has 1 aromatic rings. The van der Waals surface area contributed by atoms with Crippen molar-refractivity contribution in [1.29, 1.82) is 0 Å². The van der Waals surface area contributed by atoms with Crippen molar-refractivity contribution in [3.8, 4) is 0 Å². The molecule has 1 aliphatic heterocycles. The van der Waals surface area contributed by atoms with E-state index in [1.165, 1.54) is 12.8 Å². The molecular weight excluding hydrogens is 216 g/mol. The van der Waals surface area contributed by atoms with Gasteiger partial charge in [-0.25, -0.2) is 0 Å². The molecule has 1 saturated carbocycles. The molecule has 0 radical (unpaired) electrons. The smallest absolute Gasteiger partial charge is 0.226 e. The lowest BCUT2D eigenvalue weighted by atomic mass is 9.98. The zero-order valence-corrected chi connectivity index (χ0v) is 10.3. The number of rotatable bonds is 3. The van der Waals surface area contributed by atoms with Gasteiger partial charge in [-0.3, -0.25) is 4.90 Å². The summed E-state index contributed by atoms with van der Waals surface area (Å²) < 4.78 is 5.13. The summed E-state index contributed by atoms with van der Waals surface area (Å²) >= 11 is 0. The average Bonchev–Trinajstić information content (AvgIpc) is 2.98. The first-order valence-electron chi connectivity index (χ1n) is 6.55. The van der Waals surface area contributed by atoms with Crippen molar-refractivity contribution in [2.75, 3.05) is 13.1 Å². The Balaban J connectivity index is 1.60. The van der Waals surface area contributed by atoms with Crippen molar-refractivity contribution >= 4 is 0 Å². The molecule has 94 valence electrons. The molecule has 2 aliphatic rings. The van der Waals surface area contributed by atoms with Crippen LogP contribution in [0.3, 0.4) is 0 Å². The van der Waals surface area contributed by atoms with E-state index >= 15 is 0 Å². The molecule has 0 amide bonds. The second kappa shape index (κ2) is 4.38. The van der Waals surface area contributed by atoms with Gasteiger partial charge in [0.1, 0.15) is 0 Å². The number of fused-ring (bicyclic) bond motifs is 1. The number of aryl methyl sites for hydroxylation is 1. The Labute approximate surface area is 101 Å². The van der Waals surface area contributed by atoms with Crippen molar-refractivity contribution in [1.82, 2.24) is 15.0 Å². The summed E-state index contributed by atoms with van der Waals surface area (Å²) in [6, 6.07) is 0.404. The topological polar surface area (TPSA) is 68.2 Å². The number of aromatic nitrogens is 2. The number of hydrogen-bond acceptors (Lipinski definition) is 5. The Bertz CT molecular complexity index is 392. The van der Waals surface area contributed by atoms with Crippen molar-refractivity contribution in [2.45, 2.75) is 38.8 Å². The fourth-order valence-corrected chi connectivity index (χ4v) is 3.23. The van der Waals surface area contributed by atoms with Gasteiger partial charge in [-0.2, -0.15) is 4.98 Å². The summed E-state index contributed by atoms with van der Waals surface area (Å²) in [6.45, 7) is 5.08. The molecule has 1 saturated heterocycles. The summed E-state index contributed by atoms with van der Waals surface area (Å²) in [5.41, 5.74) is 6.12. The SMILES string of the molecule is CCc1nc(CN2CC3CCC(N)C3C2)no1. The van der Waals surface area contributed by atoms with Crippen LogP contribution in [0.1, 0.15) is 31.5 Å². The molecule has 5 heteroatoms. The minimum atomic E-state index is 0.404. The van der Waals surface area contributed by atoms with Crippen LogP contribution in [0.25, 0.3) is 0 Å². The zero-order chi connectivity index (χ0) is 11.8. The molecule has 3 unspecified atom stereocenters. The molecule has 5 nitrogen and oxygen atoms in total. The van der Waals surface area contributed by atoms with Gasteiger partial charge in [-0.05, 0) is 24.7 Å². The molecule has 2 heterocycles. The summed E-state index contributed by atoms with van der Waals surface area (Å²) in [4.78, 5) is 6.77. The first-order valence-corrected chi connectivity index (χ1v) is 6.55. The van der Waals surface area contributed by atoms with Crippen LogP contribution >= 0.6 is 0 Å². The fourth-order valence-electron chi connectivity index (χ4n) is 3.23. The first kappa shape index (κ1) is 11.2. The fraction of sp³-hybridized carbons (Fsp3) is 0.833. The highest BCUT2D eigenvalue weighted by Gasteiger charge is 2.40. The van der Waals surface area contributed by atoms with E-state index < -0.39 is 0 Å². The molecule has 2 fully saturated rings. The number of nitrogens with zero attached hydrogens (tertiary/aromatic N) is 3. The third-order valence-corrected chi connectivity index (χ3v) is 4.17. The van der Waals surface area contributed by atoms with Crippen LogP contribution in [0.15, 0.2) is 4.52 Å². The molecule has 2 N–H and O–H groups in total. The van der Waals surface area contributed by atoms with E-state index in [4.69, 9.17) is 10.3 Å². The standard InChI is InChI=1S/C12H20N4O/c1-2-12-14-11(15-17-12)7-16-5-8-3-4-10(13)9(8)6-16/h8-10H,2-7,13H2,1H3. The maximum Gasteiger partial charge on any atom is 0.226 e. The molecule has 1 aromatic heterocycles. The summed E-state index contributed by atoms with van der Waals surface area (Å²) in [5, 5.41) is 4.00. The predicted molar refractivity (Wildman–Crippen MR) is 63.1 cm³/mol. The zero-order valence-electron chi connectivity index (χ0n) is 10.3. The Hall–Kier alpha value is -0.940. The van der Waals surface area contributed by atoms with E-state index in [2.05, 4.69) is 15.0 Å². The lowest BCUT2D eigenvalue weighted by Gasteiger charge is -2.16. The minimum absolute atomic E-state index is 0.404. The number of hydrogen-bond donors (Lipinski definition) is 1. The monoisotopic (exact) mass is 236 g/mol. The molecule has 0 bridgehead atoms. The molecule has 1 aliphatic carbocycles. The lowest BCUT2D eigenvalue weighted by Crippen LogP contribution is -2.30. The van der Waals surface area contributed by atoms with Gasteiger partial charge in [0.25, 0.3) is 0 Å². The number of likely N-dealkylation sites (tertiary alicyclic amines) is 1. The van der Waals surface area contributed by atoms with E-state index in [9.17, 15) is 0 Å². The maximum absolute atomic E-state index is 6.12. The van der Waals surface area contributed by atoms with E-state index in [-0.39, 0.29) is 0 Å². The Morgan fingerprint density at radius 2 is 2.29 bits per heavy atom. The van der Waals surface area contributed by atoms with Crippen molar-refractivity contribution in [2.24, 2.45) is 17.6 Å². The Kier molecular flexibility index (Phi) is 2.88. The van der Waals surface area contributed by atoms with Gasteiger partial charge >= 0.3 is 0 Å². The third-order valence-electron chi connectivity index (χ3n) is 4.17. The predicted octanol–water partition coefficient (Wildman–Crippen LogP) is 0.801. The highest BCUT2D eigenvalue weighted by atomic mass is 16.5. The lowest BCUT2D eigenvalue weighted by molar-refractivity contribution is 0.283. The molecule has 3 rings (SSSR count). The van der Waals surface area contributed by atoms with Crippen LogP contribution < -0.4 is 5.73 Å².